The number of benzene rings is 9. The lowest BCUT2D eigenvalue weighted by molar-refractivity contribution is 0.103. The minimum absolute atomic E-state index is 0.143. The van der Waals surface area contributed by atoms with Gasteiger partial charge in [0.1, 0.15) is 17.2 Å². The standard InChI is InChI=1S/C55H38O3/c56-45-34-36-46(37-35-45)58-48-29-17-16-28-47(48)55(57)44-32-30-43(31-33-44)54-52(41-24-12-4-13-25-41)50(39-20-8-2-9-21-39)49(38-18-6-1-7-19-38)51(40-22-10-3-11-23-40)53(54)42-26-14-5-15-27-42/h1-37,56H. The number of aromatic hydroxyl groups is 1. The van der Waals surface area contributed by atoms with Crippen molar-refractivity contribution in [2.24, 2.45) is 0 Å². The molecule has 0 heterocycles. The van der Waals surface area contributed by atoms with Gasteiger partial charge in [0.2, 0.25) is 0 Å². The molecule has 0 spiro atoms. The van der Waals surface area contributed by atoms with Crippen LogP contribution in [0, 0.1) is 0 Å². The Balaban J connectivity index is 1.33. The summed E-state index contributed by atoms with van der Waals surface area (Å²) < 4.78 is 6.16. The van der Waals surface area contributed by atoms with Crippen molar-refractivity contribution in [3.8, 4) is 84.0 Å². The number of para-hydroxylation sites is 1. The number of phenols is 1. The van der Waals surface area contributed by atoms with E-state index in [2.05, 4.69) is 164 Å². The van der Waals surface area contributed by atoms with Crippen molar-refractivity contribution in [3.63, 3.8) is 0 Å². The van der Waals surface area contributed by atoms with E-state index in [0.29, 0.717) is 22.6 Å². The molecule has 0 radical (unpaired) electrons. The maximum atomic E-state index is 14.3. The second-order valence-corrected chi connectivity index (χ2v) is 14.1. The molecule has 0 aliphatic heterocycles. The molecular formula is C55H38O3. The zero-order chi connectivity index (χ0) is 39.3. The van der Waals surface area contributed by atoms with Crippen LogP contribution in [-0.4, -0.2) is 10.9 Å². The van der Waals surface area contributed by atoms with Gasteiger partial charge >= 0.3 is 0 Å². The van der Waals surface area contributed by atoms with Crippen LogP contribution in [0.3, 0.4) is 0 Å². The maximum Gasteiger partial charge on any atom is 0.196 e. The van der Waals surface area contributed by atoms with Crippen LogP contribution in [-0.2, 0) is 0 Å². The van der Waals surface area contributed by atoms with E-state index < -0.39 is 0 Å². The fraction of sp³-hybridized carbons (Fsp3) is 0. The van der Waals surface area contributed by atoms with Crippen molar-refractivity contribution in [1.82, 2.24) is 0 Å². The molecule has 0 aliphatic rings. The third-order valence-electron chi connectivity index (χ3n) is 10.4. The SMILES string of the molecule is O=C(c1ccc(-c2c(-c3ccccc3)c(-c3ccccc3)c(-c3ccccc3)c(-c3ccccc3)c2-c2ccccc2)cc1)c1ccccc1Oc1ccc(O)cc1. The topological polar surface area (TPSA) is 46.5 Å². The number of hydrogen-bond acceptors (Lipinski definition) is 3. The van der Waals surface area contributed by atoms with Gasteiger partial charge in [-0.1, -0.05) is 188 Å². The molecule has 1 N–H and O–H groups in total. The largest absolute Gasteiger partial charge is 0.508 e. The summed E-state index contributed by atoms with van der Waals surface area (Å²) in [5.74, 6) is 0.958. The average molecular weight is 747 g/mol. The van der Waals surface area contributed by atoms with Gasteiger partial charge in [0, 0.05) is 5.56 Å². The van der Waals surface area contributed by atoms with Crippen LogP contribution in [0.15, 0.2) is 224 Å². The van der Waals surface area contributed by atoms with Gasteiger partial charge in [-0.3, -0.25) is 4.79 Å². The van der Waals surface area contributed by atoms with Gasteiger partial charge in [0.15, 0.2) is 5.78 Å². The molecule has 0 aromatic heterocycles. The molecule has 58 heavy (non-hydrogen) atoms. The Morgan fingerprint density at radius 1 is 0.328 bits per heavy atom. The Bertz CT molecular complexity index is 2710. The highest BCUT2D eigenvalue weighted by molar-refractivity contribution is 6.16. The molecule has 3 heteroatoms. The Morgan fingerprint density at radius 3 is 1.00 bits per heavy atom. The van der Waals surface area contributed by atoms with Crippen molar-refractivity contribution >= 4 is 5.78 Å². The first kappa shape index (κ1) is 35.9. The normalized spacial score (nSPS) is 10.9. The first-order valence-corrected chi connectivity index (χ1v) is 19.4. The van der Waals surface area contributed by atoms with Gasteiger partial charge in [-0.2, -0.15) is 0 Å². The van der Waals surface area contributed by atoms with E-state index in [1.54, 1.807) is 36.4 Å². The molecule has 0 atom stereocenters. The van der Waals surface area contributed by atoms with Gasteiger partial charge in [0.05, 0.1) is 5.56 Å². The van der Waals surface area contributed by atoms with Crippen LogP contribution in [0.5, 0.6) is 17.2 Å². The van der Waals surface area contributed by atoms with Crippen molar-refractivity contribution < 1.29 is 14.6 Å². The van der Waals surface area contributed by atoms with E-state index in [-0.39, 0.29) is 11.5 Å². The molecule has 9 aromatic rings. The highest BCUT2D eigenvalue weighted by atomic mass is 16.5. The number of ketones is 1. The Hall–Kier alpha value is -7.75. The summed E-state index contributed by atoms with van der Waals surface area (Å²) in [6, 6.07) is 75.1. The number of carbonyl (C=O) groups is 1. The molecule has 9 aromatic carbocycles. The molecule has 0 fully saturated rings. The molecule has 0 amide bonds. The maximum absolute atomic E-state index is 14.3. The highest BCUT2D eigenvalue weighted by Gasteiger charge is 2.29. The van der Waals surface area contributed by atoms with Crippen LogP contribution in [0.2, 0.25) is 0 Å². The number of rotatable bonds is 10. The van der Waals surface area contributed by atoms with E-state index in [4.69, 9.17) is 4.74 Å². The third-order valence-corrected chi connectivity index (χ3v) is 10.4. The molecule has 3 nitrogen and oxygen atoms in total. The first-order chi connectivity index (χ1) is 28.6. The number of carbonyl (C=O) groups excluding carboxylic acids is 1. The summed E-state index contributed by atoms with van der Waals surface area (Å²) in [4.78, 5) is 14.3. The molecular weight excluding hydrogens is 709 g/mol. The summed E-state index contributed by atoms with van der Waals surface area (Å²) in [6.07, 6.45) is 0. The minimum atomic E-state index is -0.151. The van der Waals surface area contributed by atoms with Gasteiger partial charge in [-0.15, -0.1) is 0 Å². The predicted octanol–water partition coefficient (Wildman–Crippen LogP) is 14.4. The van der Waals surface area contributed by atoms with Crippen LogP contribution in [0.4, 0.5) is 0 Å². The predicted molar refractivity (Wildman–Crippen MR) is 237 cm³/mol. The molecule has 276 valence electrons. The molecule has 0 aliphatic carbocycles. The Kier molecular flexibility index (Phi) is 10.0. The minimum Gasteiger partial charge on any atom is -0.508 e. The van der Waals surface area contributed by atoms with Crippen molar-refractivity contribution in [3.05, 3.63) is 236 Å². The molecule has 0 unspecified atom stereocenters. The zero-order valence-corrected chi connectivity index (χ0v) is 31.6. The van der Waals surface area contributed by atoms with E-state index in [0.717, 1.165) is 66.8 Å². The lowest BCUT2D eigenvalue weighted by atomic mass is 9.74. The third kappa shape index (κ3) is 7.09. The molecule has 9 rings (SSSR count). The Morgan fingerprint density at radius 2 is 0.638 bits per heavy atom. The quantitative estimate of drug-likeness (QED) is 0.142. The van der Waals surface area contributed by atoms with Crippen LogP contribution in [0.25, 0.3) is 66.8 Å². The van der Waals surface area contributed by atoms with Crippen LogP contribution >= 0.6 is 0 Å². The lowest BCUT2D eigenvalue weighted by Gasteiger charge is -2.28. The highest BCUT2D eigenvalue weighted by Crippen LogP contribution is 2.55. The summed E-state index contributed by atoms with van der Waals surface area (Å²) in [6.45, 7) is 0. The monoisotopic (exact) mass is 746 g/mol. The van der Waals surface area contributed by atoms with Gasteiger partial charge < -0.3 is 9.84 Å². The molecule has 0 bridgehead atoms. The number of hydrogen-bond donors (Lipinski definition) is 1. The summed E-state index contributed by atoms with van der Waals surface area (Å²) >= 11 is 0. The average Bonchev–Trinajstić information content (AvgIpc) is 3.30. The van der Waals surface area contributed by atoms with Crippen molar-refractivity contribution in [2.75, 3.05) is 0 Å². The zero-order valence-electron chi connectivity index (χ0n) is 31.6. The number of ether oxygens (including phenoxy) is 1. The van der Waals surface area contributed by atoms with E-state index in [1.165, 1.54) is 0 Å². The second kappa shape index (κ2) is 16.2. The van der Waals surface area contributed by atoms with Crippen LogP contribution in [0.1, 0.15) is 15.9 Å². The van der Waals surface area contributed by atoms with Crippen LogP contribution < -0.4 is 4.74 Å². The van der Waals surface area contributed by atoms with Crippen molar-refractivity contribution in [2.45, 2.75) is 0 Å². The summed E-state index contributed by atoms with van der Waals surface area (Å²) in [5, 5.41) is 9.79. The smallest absolute Gasteiger partial charge is 0.196 e. The number of phenolic OH excluding ortho intramolecular Hbond substituents is 1. The van der Waals surface area contributed by atoms with Gasteiger partial charge in [-0.05, 0) is 103 Å². The first-order valence-electron chi connectivity index (χ1n) is 19.4. The molecule has 0 saturated heterocycles. The Labute approximate surface area is 338 Å². The van der Waals surface area contributed by atoms with E-state index >= 15 is 0 Å². The summed E-state index contributed by atoms with van der Waals surface area (Å²) in [5.41, 5.74) is 14.2. The summed E-state index contributed by atoms with van der Waals surface area (Å²) in [7, 11) is 0. The lowest BCUT2D eigenvalue weighted by Crippen LogP contribution is -2.04. The van der Waals surface area contributed by atoms with E-state index in [1.807, 2.05) is 24.3 Å². The fourth-order valence-electron chi connectivity index (χ4n) is 7.83. The fourth-order valence-corrected chi connectivity index (χ4v) is 7.83. The van der Waals surface area contributed by atoms with Gasteiger partial charge in [0.25, 0.3) is 0 Å². The second-order valence-electron chi connectivity index (χ2n) is 14.1. The van der Waals surface area contributed by atoms with Crippen molar-refractivity contribution in [1.29, 1.82) is 0 Å². The van der Waals surface area contributed by atoms with Gasteiger partial charge in [-0.25, -0.2) is 0 Å². The molecule has 0 saturated carbocycles. The van der Waals surface area contributed by atoms with E-state index in [9.17, 15) is 9.90 Å².